The van der Waals surface area contributed by atoms with E-state index in [1.165, 1.54) is 12.1 Å². The maximum absolute atomic E-state index is 14.8. The summed E-state index contributed by atoms with van der Waals surface area (Å²) in [5.74, 6) is -0.439. The number of hydrogen-bond donors (Lipinski definition) is 0. The number of benzene rings is 1. The van der Waals surface area contributed by atoms with Crippen LogP contribution >= 0.6 is 11.6 Å². The fraction of sp³-hybridized carbons (Fsp3) is 0.214. The summed E-state index contributed by atoms with van der Waals surface area (Å²) < 4.78 is 22.0. The van der Waals surface area contributed by atoms with Crippen LogP contribution in [0.25, 0.3) is 44.3 Å². The number of fused-ring (bicyclic) bond motifs is 2. The smallest absolute Gasteiger partial charge is 0.251 e. The summed E-state index contributed by atoms with van der Waals surface area (Å²) in [5, 5.41) is 2.03. The van der Waals surface area contributed by atoms with E-state index in [2.05, 4.69) is 19.9 Å². The number of hydrogen-bond acceptors (Lipinski definition) is 6. The largest absolute Gasteiger partial charge is 0.379 e. The predicted octanol–water partition coefficient (Wildman–Crippen LogP) is 4.80. The van der Waals surface area contributed by atoms with E-state index in [9.17, 15) is 9.18 Å². The maximum Gasteiger partial charge on any atom is 0.251 e. The zero-order valence-corrected chi connectivity index (χ0v) is 20.7. The van der Waals surface area contributed by atoms with E-state index in [0.29, 0.717) is 41.7 Å². The second-order valence-corrected chi connectivity index (χ2v) is 9.38. The molecule has 0 aliphatic carbocycles. The summed E-state index contributed by atoms with van der Waals surface area (Å²) in [6.07, 6.45) is 5.07. The first-order valence-electron chi connectivity index (χ1n) is 12.1. The zero-order valence-electron chi connectivity index (χ0n) is 19.9. The van der Waals surface area contributed by atoms with Crippen LogP contribution in [0.2, 0.25) is 5.02 Å². The van der Waals surface area contributed by atoms with E-state index in [0.717, 1.165) is 41.5 Å². The van der Waals surface area contributed by atoms with Gasteiger partial charge in [0.2, 0.25) is 0 Å². The minimum atomic E-state index is -0.439. The highest BCUT2D eigenvalue weighted by Gasteiger charge is 2.18. The molecule has 0 N–H and O–H groups in total. The first-order valence-corrected chi connectivity index (χ1v) is 12.5. The molecule has 1 aliphatic rings. The maximum atomic E-state index is 14.8. The van der Waals surface area contributed by atoms with Crippen LogP contribution in [0.15, 0.2) is 71.9 Å². The lowest BCUT2D eigenvalue weighted by atomic mass is 9.97. The molecule has 0 unspecified atom stereocenters. The van der Waals surface area contributed by atoms with Crippen LogP contribution in [0.5, 0.6) is 0 Å². The Morgan fingerprint density at radius 1 is 0.946 bits per heavy atom. The highest BCUT2D eigenvalue weighted by Crippen LogP contribution is 2.35. The quantitative estimate of drug-likeness (QED) is 0.335. The molecule has 4 aromatic heterocycles. The van der Waals surface area contributed by atoms with E-state index in [1.54, 1.807) is 41.4 Å². The highest BCUT2D eigenvalue weighted by atomic mass is 35.5. The van der Waals surface area contributed by atoms with Crippen LogP contribution in [0.3, 0.4) is 0 Å². The van der Waals surface area contributed by atoms with Gasteiger partial charge in [0.05, 0.1) is 30.6 Å². The third-order valence-electron chi connectivity index (χ3n) is 6.74. The van der Waals surface area contributed by atoms with Crippen molar-refractivity contribution < 1.29 is 9.13 Å². The molecule has 7 nitrogen and oxygen atoms in total. The van der Waals surface area contributed by atoms with Crippen molar-refractivity contribution >= 4 is 33.5 Å². The van der Waals surface area contributed by atoms with Crippen molar-refractivity contribution in [2.45, 2.75) is 6.54 Å². The van der Waals surface area contributed by atoms with Crippen molar-refractivity contribution in [1.29, 1.82) is 0 Å². The standard InChI is InChI=1S/C28H23ClFN5O2/c29-18-3-4-24(30)23(14-18)25-15-21(20-2-1-6-32-28(20)33-25)22-16-27(36)35(26-17-31-7-5-19(22)26)9-8-34-10-12-37-13-11-34/h1-7,14-17H,8-13H2. The molecule has 0 amide bonds. The van der Waals surface area contributed by atoms with Gasteiger partial charge in [0.1, 0.15) is 5.82 Å². The molecule has 1 aliphatic heterocycles. The van der Waals surface area contributed by atoms with Crippen LogP contribution in [-0.4, -0.2) is 57.3 Å². The first-order chi connectivity index (χ1) is 18.1. The van der Waals surface area contributed by atoms with Crippen molar-refractivity contribution in [3.05, 3.63) is 88.3 Å². The topological polar surface area (TPSA) is 73.1 Å². The van der Waals surface area contributed by atoms with Gasteiger partial charge in [-0.2, -0.15) is 0 Å². The second kappa shape index (κ2) is 9.97. The average Bonchev–Trinajstić information content (AvgIpc) is 2.93. The minimum absolute atomic E-state index is 0.131. The van der Waals surface area contributed by atoms with Gasteiger partial charge in [0.25, 0.3) is 5.56 Å². The number of nitrogens with zero attached hydrogens (tertiary/aromatic N) is 5. The second-order valence-electron chi connectivity index (χ2n) is 8.95. The van der Waals surface area contributed by atoms with Gasteiger partial charge in [-0.15, -0.1) is 0 Å². The lowest BCUT2D eigenvalue weighted by molar-refractivity contribution is 0.0364. The molecule has 1 saturated heterocycles. The normalized spacial score (nSPS) is 14.4. The van der Waals surface area contributed by atoms with Crippen LogP contribution in [0, 0.1) is 5.82 Å². The van der Waals surface area contributed by atoms with Crippen LogP contribution < -0.4 is 5.56 Å². The Bertz CT molecular complexity index is 1680. The van der Waals surface area contributed by atoms with Gasteiger partial charge in [0.15, 0.2) is 5.65 Å². The third kappa shape index (κ3) is 4.59. The SMILES string of the molecule is O=c1cc(-c2cc(-c3cc(Cl)ccc3F)nc3ncccc23)c2ccncc2n1CCN1CCOCC1. The Morgan fingerprint density at radius 2 is 1.78 bits per heavy atom. The summed E-state index contributed by atoms with van der Waals surface area (Å²) in [7, 11) is 0. The predicted molar refractivity (Wildman–Crippen MR) is 142 cm³/mol. The average molecular weight is 516 g/mol. The van der Waals surface area contributed by atoms with Gasteiger partial charge in [-0.3, -0.25) is 14.7 Å². The van der Waals surface area contributed by atoms with E-state index in [1.807, 2.05) is 18.2 Å². The molecule has 6 rings (SSSR count). The monoisotopic (exact) mass is 515 g/mol. The number of rotatable bonds is 5. The number of morpholine rings is 1. The zero-order chi connectivity index (χ0) is 25.4. The summed E-state index contributed by atoms with van der Waals surface area (Å²) in [4.78, 5) is 29.1. The van der Waals surface area contributed by atoms with Crippen molar-refractivity contribution in [3.63, 3.8) is 0 Å². The van der Waals surface area contributed by atoms with Gasteiger partial charge in [-0.25, -0.2) is 14.4 Å². The summed E-state index contributed by atoms with van der Waals surface area (Å²) in [6.45, 7) is 4.39. The van der Waals surface area contributed by atoms with Gasteiger partial charge >= 0.3 is 0 Å². The molecule has 0 bridgehead atoms. The van der Waals surface area contributed by atoms with E-state index >= 15 is 0 Å². The third-order valence-corrected chi connectivity index (χ3v) is 6.97. The summed E-state index contributed by atoms with van der Waals surface area (Å²) >= 11 is 6.17. The summed E-state index contributed by atoms with van der Waals surface area (Å²) in [6, 6.07) is 13.4. The Balaban J connectivity index is 1.53. The van der Waals surface area contributed by atoms with Gasteiger partial charge in [-0.1, -0.05) is 11.6 Å². The van der Waals surface area contributed by atoms with Crippen molar-refractivity contribution in [3.8, 4) is 22.4 Å². The summed E-state index contributed by atoms with van der Waals surface area (Å²) in [5.41, 5.74) is 3.17. The Kier molecular flexibility index (Phi) is 6.38. The minimum Gasteiger partial charge on any atom is -0.379 e. The lowest BCUT2D eigenvalue weighted by Crippen LogP contribution is -2.39. The molecular formula is C28H23ClFN5O2. The molecule has 0 spiro atoms. The van der Waals surface area contributed by atoms with Crippen LogP contribution in [-0.2, 0) is 11.3 Å². The molecular weight excluding hydrogens is 493 g/mol. The number of ether oxygens (including phenoxy) is 1. The number of halogens is 2. The fourth-order valence-corrected chi connectivity index (χ4v) is 5.03. The van der Waals surface area contributed by atoms with Crippen molar-refractivity contribution in [2.75, 3.05) is 32.8 Å². The molecule has 0 radical (unpaired) electrons. The highest BCUT2D eigenvalue weighted by molar-refractivity contribution is 6.30. The van der Waals surface area contributed by atoms with E-state index in [-0.39, 0.29) is 11.1 Å². The lowest BCUT2D eigenvalue weighted by Gasteiger charge is -2.27. The fourth-order valence-electron chi connectivity index (χ4n) is 4.86. The molecule has 0 atom stereocenters. The molecule has 37 heavy (non-hydrogen) atoms. The number of pyridine rings is 4. The molecule has 1 fully saturated rings. The molecule has 9 heteroatoms. The molecule has 1 aromatic carbocycles. The van der Waals surface area contributed by atoms with E-state index in [4.69, 9.17) is 16.3 Å². The van der Waals surface area contributed by atoms with Crippen LogP contribution in [0.4, 0.5) is 4.39 Å². The van der Waals surface area contributed by atoms with E-state index < -0.39 is 5.82 Å². The number of aromatic nitrogens is 4. The molecule has 0 saturated carbocycles. The van der Waals surface area contributed by atoms with Gasteiger partial charge in [-0.05, 0) is 53.6 Å². The van der Waals surface area contributed by atoms with Gasteiger partial charge < -0.3 is 9.30 Å². The molecule has 5 aromatic rings. The molecule has 5 heterocycles. The van der Waals surface area contributed by atoms with Crippen molar-refractivity contribution in [1.82, 2.24) is 24.4 Å². The molecule has 186 valence electrons. The Morgan fingerprint density at radius 3 is 2.65 bits per heavy atom. The Hall–Kier alpha value is -3.72. The first kappa shape index (κ1) is 23.7. The Labute approximate surface area is 217 Å². The van der Waals surface area contributed by atoms with Crippen molar-refractivity contribution in [2.24, 2.45) is 0 Å². The van der Waals surface area contributed by atoms with Gasteiger partial charge in [0, 0.05) is 66.0 Å². The van der Waals surface area contributed by atoms with Crippen LogP contribution in [0.1, 0.15) is 0 Å².